The van der Waals surface area contributed by atoms with Crippen molar-refractivity contribution in [2.24, 2.45) is 0 Å². The van der Waals surface area contributed by atoms with E-state index in [1.54, 1.807) is 0 Å². The number of hydrogen-bond donors (Lipinski definition) is 0. The van der Waals surface area contributed by atoms with Crippen LogP contribution in [-0.4, -0.2) is 31.3 Å². The molecule has 1 saturated heterocycles. The Labute approximate surface area is 205 Å². The molecule has 1 aromatic heterocycles. The van der Waals surface area contributed by atoms with E-state index in [9.17, 15) is 0 Å². The van der Waals surface area contributed by atoms with E-state index < -0.39 is 0 Å². The number of aryl methyl sites for hydroxylation is 2. The molecule has 4 rings (SSSR count). The Balaban J connectivity index is 1.57. The lowest BCUT2D eigenvalue weighted by Crippen LogP contribution is -2.28. The number of rotatable bonds is 8. The highest BCUT2D eigenvalue weighted by Gasteiger charge is 2.28. The second kappa shape index (κ2) is 10.5. The fourth-order valence-corrected chi connectivity index (χ4v) is 5.00. The first kappa shape index (κ1) is 24.1. The Hall–Kier alpha value is -3.01. The van der Waals surface area contributed by atoms with E-state index in [0.29, 0.717) is 18.4 Å². The molecule has 1 aliphatic heterocycles. The van der Waals surface area contributed by atoms with E-state index in [0.717, 1.165) is 37.6 Å². The van der Waals surface area contributed by atoms with Crippen LogP contribution in [0.4, 0.5) is 11.4 Å². The van der Waals surface area contributed by atoms with Crippen molar-refractivity contribution in [1.82, 2.24) is 4.98 Å². The standard InChI is InChI=1S/C30H39N3O/c1-21(2)26-18-23(5)19-27(22(3)4)30(26)33-16-15-32(20-33)29-24(6)10-9-12-28(29)34-17-13-25-11-7-8-14-31-25/h7-12,14,18-19,21-22H,13,15-17,20H2,1-6H3. The lowest BCUT2D eigenvalue weighted by Gasteiger charge is -2.30. The number of ether oxygens (including phenoxy) is 1. The molecule has 0 spiro atoms. The summed E-state index contributed by atoms with van der Waals surface area (Å²) < 4.78 is 6.31. The zero-order valence-corrected chi connectivity index (χ0v) is 21.6. The van der Waals surface area contributed by atoms with Gasteiger partial charge in [-0.2, -0.15) is 0 Å². The maximum Gasteiger partial charge on any atom is 0.142 e. The second-order valence-corrected chi connectivity index (χ2v) is 10.1. The van der Waals surface area contributed by atoms with Crippen LogP contribution in [0.1, 0.15) is 67.5 Å². The van der Waals surface area contributed by atoms with E-state index in [2.05, 4.69) is 92.7 Å². The zero-order valence-electron chi connectivity index (χ0n) is 21.6. The molecule has 4 nitrogen and oxygen atoms in total. The highest BCUT2D eigenvalue weighted by molar-refractivity contribution is 5.69. The van der Waals surface area contributed by atoms with E-state index in [1.807, 2.05) is 18.3 Å². The predicted octanol–water partition coefficient (Wildman–Crippen LogP) is 6.85. The maximum atomic E-state index is 6.31. The van der Waals surface area contributed by atoms with E-state index >= 15 is 0 Å². The van der Waals surface area contributed by atoms with Crippen LogP contribution >= 0.6 is 0 Å². The van der Waals surface area contributed by atoms with Crippen molar-refractivity contribution in [2.75, 3.05) is 36.2 Å². The topological polar surface area (TPSA) is 28.6 Å². The van der Waals surface area contributed by atoms with Gasteiger partial charge < -0.3 is 14.5 Å². The minimum atomic E-state index is 0.491. The van der Waals surface area contributed by atoms with Crippen molar-refractivity contribution in [2.45, 2.75) is 59.8 Å². The van der Waals surface area contributed by atoms with Crippen molar-refractivity contribution in [1.29, 1.82) is 0 Å². The van der Waals surface area contributed by atoms with Crippen LogP contribution in [0, 0.1) is 13.8 Å². The fraction of sp³-hybridized carbons (Fsp3) is 0.433. The molecule has 2 heterocycles. The smallest absolute Gasteiger partial charge is 0.142 e. The monoisotopic (exact) mass is 457 g/mol. The van der Waals surface area contributed by atoms with Gasteiger partial charge in [-0.1, -0.05) is 63.6 Å². The summed E-state index contributed by atoms with van der Waals surface area (Å²) in [4.78, 5) is 9.49. The Bertz CT molecular complexity index is 1080. The van der Waals surface area contributed by atoms with Gasteiger partial charge >= 0.3 is 0 Å². The molecule has 34 heavy (non-hydrogen) atoms. The van der Waals surface area contributed by atoms with Crippen LogP contribution in [0.5, 0.6) is 5.75 Å². The second-order valence-electron chi connectivity index (χ2n) is 10.1. The molecule has 2 aromatic carbocycles. The summed E-state index contributed by atoms with van der Waals surface area (Å²) in [6, 6.07) is 17.2. The van der Waals surface area contributed by atoms with Crippen LogP contribution in [0.25, 0.3) is 0 Å². The highest BCUT2D eigenvalue weighted by atomic mass is 16.5. The normalized spacial score (nSPS) is 13.9. The molecule has 0 unspecified atom stereocenters. The Morgan fingerprint density at radius 1 is 0.853 bits per heavy atom. The molecule has 0 bridgehead atoms. The predicted molar refractivity (Wildman–Crippen MR) is 144 cm³/mol. The quantitative estimate of drug-likeness (QED) is 0.370. The summed E-state index contributed by atoms with van der Waals surface area (Å²) in [6.07, 6.45) is 2.65. The third kappa shape index (κ3) is 5.22. The van der Waals surface area contributed by atoms with Gasteiger partial charge in [0.05, 0.1) is 19.0 Å². The largest absolute Gasteiger partial charge is 0.491 e. The lowest BCUT2D eigenvalue weighted by molar-refractivity contribution is 0.321. The van der Waals surface area contributed by atoms with E-state index in [-0.39, 0.29) is 0 Å². The molecule has 180 valence electrons. The minimum Gasteiger partial charge on any atom is -0.491 e. The molecule has 1 aliphatic rings. The Kier molecular flexibility index (Phi) is 7.45. The van der Waals surface area contributed by atoms with Gasteiger partial charge in [-0.05, 0) is 60.6 Å². The van der Waals surface area contributed by atoms with Gasteiger partial charge in [0.1, 0.15) is 5.75 Å². The van der Waals surface area contributed by atoms with Gasteiger partial charge in [-0.15, -0.1) is 0 Å². The van der Waals surface area contributed by atoms with Gasteiger partial charge in [0.25, 0.3) is 0 Å². The minimum absolute atomic E-state index is 0.491. The molecule has 0 radical (unpaired) electrons. The number of anilines is 2. The van der Waals surface area contributed by atoms with Crippen LogP contribution in [0.3, 0.4) is 0 Å². The number of benzene rings is 2. The van der Waals surface area contributed by atoms with Crippen molar-refractivity contribution in [3.8, 4) is 5.75 Å². The van der Waals surface area contributed by atoms with Crippen LogP contribution in [-0.2, 0) is 6.42 Å². The molecule has 4 heteroatoms. The molecule has 3 aromatic rings. The molecular formula is C30H39N3O. The number of pyridine rings is 1. The van der Waals surface area contributed by atoms with E-state index in [1.165, 1.54) is 33.6 Å². The highest BCUT2D eigenvalue weighted by Crippen LogP contribution is 2.40. The molecular weight excluding hydrogens is 418 g/mol. The van der Waals surface area contributed by atoms with Crippen molar-refractivity contribution >= 4 is 11.4 Å². The average molecular weight is 458 g/mol. The van der Waals surface area contributed by atoms with Crippen LogP contribution in [0.2, 0.25) is 0 Å². The van der Waals surface area contributed by atoms with E-state index in [4.69, 9.17) is 4.74 Å². The van der Waals surface area contributed by atoms with Crippen molar-refractivity contribution in [3.63, 3.8) is 0 Å². The summed E-state index contributed by atoms with van der Waals surface area (Å²) >= 11 is 0. The van der Waals surface area contributed by atoms with Gasteiger partial charge in [0.15, 0.2) is 0 Å². The lowest BCUT2D eigenvalue weighted by atomic mass is 9.90. The van der Waals surface area contributed by atoms with Gasteiger partial charge in [-0.25, -0.2) is 0 Å². The Morgan fingerprint density at radius 2 is 1.53 bits per heavy atom. The molecule has 0 saturated carbocycles. The summed E-state index contributed by atoms with van der Waals surface area (Å²) in [6.45, 7) is 17.2. The molecule has 1 fully saturated rings. The van der Waals surface area contributed by atoms with Gasteiger partial charge in [0.2, 0.25) is 0 Å². The van der Waals surface area contributed by atoms with Gasteiger partial charge in [-0.3, -0.25) is 4.98 Å². The number of nitrogens with zero attached hydrogens (tertiary/aromatic N) is 3. The van der Waals surface area contributed by atoms with Crippen LogP contribution < -0.4 is 14.5 Å². The van der Waals surface area contributed by atoms with Crippen LogP contribution in [0.15, 0.2) is 54.7 Å². The fourth-order valence-electron chi connectivity index (χ4n) is 5.00. The number of aromatic nitrogens is 1. The third-order valence-corrected chi connectivity index (χ3v) is 6.71. The number of para-hydroxylation sites is 1. The molecule has 0 atom stereocenters. The summed E-state index contributed by atoms with van der Waals surface area (Å²) in [7, 11) is 0. The zero-order chi connectivity index (χ0) is 24.2. The molecule has 0 aliphatic carbocycles. The first-order valence-corrected chi connectivity index (χ1v) is 12.6. The SMILES string of the molecule is Cc1cc(C(C)C)c(N2CCN(c3c(C)cccc3OCCc3ccccn3)C2)c(C(C)C)c1. The molecule has 0 amide bonds. The average Bonchev–Trinajstić information content (AvgIpc) is 3.28. The summed E-state index contributed by atoms with van der Waals surface area (Å²) in [5.41, 5.74) is 9.25. The Morgan fingerprint density at radius 3 is 2.15 bits per heavy atom. The number of hydrogen-bond acceptors (Lipinski definition) is 4. The van der Waals surface area contributed by atoms with Crippen molar-refractivity contribution in [3.05, 3.63) is 82.7 Å². The maximum absolute atomic E-state index is 6.31. The molecule has 0 N–H and O–H groups in total. The first-order chi connectivity index (χ1) is 16.3. The third-order valence-electron chi connectivity index (χ3n) is 6.71. The summed E-state index contributed by atoms with van der Waals surface area (Å²) in [5, 5.41) is 0. The van der Waals surface area contributed by atoms with Crippen molar-refractivity contribution < 1.29 is 4.74 Å². The van der Waals surface area contributed by atoms with Gasteiger partial charge in [0, 0.05) is 37.1 Å². The summed E-state index contributed by atoms with van der Waals surface area (Å²) in [5.74, 6) is 1.95. The first-order valence-electron chi connectivity index (χ1n) is 12.6.